The van der Waals surface area contributed by atoms with Crippen molar-refractivity contribution in [3.8, 4) is 5.75 Å². The number of hydrogen-bond donors (Lipinski definition) is 2. The van der Waals surface area contributed by atoms with Crippen LogP contribution in [0.15, 0.2) is 23.1 Å². The first-order valence-electron chi connectivity index (χ1n) is 6.87. The van der Waals surface area contributed by atoms with Gasteiger partial charge in [0, 0.05) is 25.8 Å². The van der Waals surface area contributed by atoms with Crippen molar-refractivity contribution in [1.29, 1.82) is 0 Å². The molecule has 0 radical (unpaired) electrons. The second-order valence-corrected chi connectivity index (χ2v) is 7.39. The lowest BCUT2D eigenvalue weighted by Crippen LogP contribution is -2.39. The summed E-state index contributed by atoms with van der Waals surface area (Å²) in [5.74, 6) is 0.530. The van der Waals surface area contributed by atoms with Crippen molar-refractivity contribution >= 4 is 15.7 Å². The summed E-state index contributed by atoms with van der Waals surface area (Å²) in [7, 11) is -2.12. The summed E-state index contributed by atoms with van der Waals surface area (Å²) >= 11 is 0. The molecule has 1 fully saturated rings. The average molecular weight is 314 g/mol. The molecule has 0 bridgehead atoms. The maximum atomic E-state index is 12.4. The van der Waals surface area contributed by atoms with Gasteiger partial charge >= 0.3 is 0 Å². The maximum absolute atomic E-state index is 12.4. The van der Waals surface area contributed by atoms with Crippen molar-refractivity contribution in [3.63, 3.8) is 0 Å². The summed E-state index contributed by atoms with van der Waals surface area (Å²) in [6.07, 6.45) is 1.68. The van der Waals surface area contributed by atoms with Crippen LogP contribution >= 0.6 is 0 Å². The topological polar surface area (TPSA) is 90.7 Å². The lowest BCUT2D eigenvalue weighted by atomic mass is 9.83. The zero-order valence-electron chi connectivity index (χ0n) is 12.4. The van der Waals surface area contributed by atoms with Gasteiger partial charge in [0.25, 0.3) is 0 Å². The number of benzene rings is 1. The zero-order chi connectivity index (χ0) is 15.5. The lowest BCUT2D eigenvalue weighted by Gasteiger charge is -2.33. The summed E-state index contributed by atoms with van der Waals surface area (Å²) < 4.78 is 37.7. The number of anilines is 1. The fourth-order valence-electron chi connectivity index (χ4n) is 2.29. The molecule has 21 heavy (non-hydrogen) atoms. The minimum Gasteiger partial charge on any atom is -0.497 e. The number of sulfonamides is 1. The lowest BCUT2D eigenvalue weighted by molar-refractivity contribution is 0.0265. The molecule has 1 aliphatic rings. The third kappa shape index (κ3) is 3.87. The van der Waals surface area contributed by atoms with Crippen LogP contribution < -0.4 is 15.2 Å². The number of hydrogen-bond acceptors (Lipinski definition) is 5. The van der Waals surface area contributed by atoms with Crippen LogP contribution in [0.3, 0.4) is 0 Å². The molecule has 0 aliphatic carbocycles. The van der Waals surface area contributed by atoms with E-state index in [9.17, 15) is 8.42 Å². The van der Waals surface area contributed by atoms with Gasteiger partial charge in [-0.2, -0.15) is 0 Å². The summed E-state index contributed by atoms with van der Waals surface area (Å²) in [6, 6.07) is 4.55. The van der Waals surface area contributed by atoms with Crippen LogP contribution in [-0.4, -0.2) is 35.3 Å². The van der Waals surface area contributed by atoms with Crippen molar-refractivity contribution in [2.45, 2.75) is 24.7 Å². The molecule has 1 aliphatic heterocycles. The second-order valence-electron chi connectivity index (χ2n) is 5.65. The molecule has 2 rings (SSSR count). The predicted octanol–water partition coefficient (Wildman–Crippen LogP) is 1.37. The van der Waals surface area contributed by atoms with Gasteiger partial charge in [-0.1, -0.05) is 6.92 Å². The average Bonchev–Trinajstić information content (AvgIpc) is 2.46. The first-order chi connectivity index (χ1) is 9.86. The Morgan fingerprint density at radius 3 is 2.62 bits per heavy atom. The Morgan fingerprint density at radius 2 is 2.05 bits per heavy atom. The highest BCUT2D eigenvalue weighted by Gasteiger charge is 2.29. The monoisotopic (exact) mass is 314 g/mol. The van der Waals surface area contributed by atoms with E-state index < -0.39 is 10.0 Å². The number of ether oxygens (including phenoxy) is 2. The molecule has 0 amide bonds. The third-order valence-electron chi connectivity index (χ3n) is 3.90. The minimum absolute atomic E-state index is 0.0768. The maximum Gasteiger partial charge on any atom is 0.242 e. The first-order valence-corrected chi connectivity index (χ1v) is 8.36. The molecule has 1 aromatic rings. The molecule has 0 spiro atoms. The smallest absolute Gasteiger partial charge is 0.242 e. The number of nitrogen functional groups attached to an aromatic ring is 1. The second kappa shape index (κ2) is 6.21. The molecule has 1 aromatic carbocycles. The van der Waals surface area contributed by atoms with E-state index in [1.807, 2.05) is 0 Å². The summed E-state index contributed by atoms with van der Waals surface area (Å²) in [5, 5.41) is 0. The Hall–Kier alpha value is -1.31. The van der Waals surface area contributed by atoms with Crippen LogP contribution in [-0.2, 0) is 14.8 Å². The van der Waals surface area contributed by atoms with Crippen LogP contribution in [0.4, 0.5) is 5.69 Å². The Bertz CT molecular complexity index is 595. The summed E-state index contributed by atoms with van der Waals surface area (Å²) in [5.41, 5.74) is 5.91. The van der Waals surface area contributed by atoms with Crippen molar-refractivity contribution in [2.24, 2.45) is 5.41 Å². The molecule has 7 heteroatoms. The minimum atomic E-state index is -3.62. The van der Waals surface area contributed by atoms with E-state index in [4.69, 9.17) is 15.2 Å². The number of nitrogens with two attached hydrogens (primary N) is 1. The van der Waals surface area contributed by atoms with E-state index in [2.05, 4.69) is 11.6 Å². The molecular formula is C14H22N2O4S. The quantitative estimate of drug-likeness (QED) is 0.801. The van der Waals surface area contributed by atoms with Crippen LogP contribution in [0.1, 0.15) is 19.8 Å². The van der Waals surface area contributed by atoms with E-state index >= 15 is 0 Å². The third-order valence-corrected chi connectivity index (χ3v) is 5.37. The Labute approximate surface area is 125 Å². The van der Waals surface area contributed by atoms with Gasteiger partial charge < -0.3 is 15.2 Å². The summed E-state index contributed by atoms with van der Waals surface area (Å²) in [4.78, 5) is 0.0824. The fourth-order valence-corrected chi connectivity index (χ4v) is 3.60. The molecular weight excluding hydrogens is 292 g/mol. The molecule has 1 saturated heterocycles. The van der Waals surface area contributed by atoms with Crippen molar-refractivity contribution in [1.82, 2.24) is 4.72 Å². The normalized spacial score (nSPS) is 18.4. The molecule has 6 nitrogen and oxygen atoms in total. The van der Waals surface area contributed by atoms with E-state index in [0.29, 0.717) is 25.5 Å². The molecule has 118 valence electrons. The molecule has 0 unspecified atom stereocenters. The highest BCUT2D eigenvalue weighted by atomic mass is 32.2. The molecule has 0 atom stereocenters. The first kappa shape index (κ1) is 16.1. The predicted molar refractivity (Wildman–Crippen MR) is 80.8 cm³/mol. The van der Waals surface area contributed by atoms with Gasteiger partial charge in [0.2, 0.25) is 10.0 Å². The van der Waals surface area contributed by atoms with Gasteiger partial charge in [0.05, 0.1) is 12.8 Å². The number of methoxy groups -OCH3 is 1. The Balaban J connectivity index is 2.11. The van der Waals surface area contributed by atoms with E-state index in [-0.39, 0.29) is 16.0 Å². The molecule has 0 aromatic heterocycles. The van der Waals surface area contributed by atoms with Gasteiger partial charge in [0.15, 0.2) is 0 Å². The van der Waals surface area contributed by atoms with Crippen LogP contribution in [0, 0.1) is 5.41 Å². The molecule has 1 heterocycles. The van der Waals surface area contributed by atoms with Crippen LogP contribution in [0.2, 0.25) is 0 Å². The van der Waals surface area contributed by atoms with Crippen LogP contribution in [0.25, 0.3) is 0 Å². The fraction of sp³-hybridized carbons (Fsp3) is 0.571. The van der Waals surface area contributed by atoms with Crippen molar-refractivity contribution in [2.75, 3.05) is 32.6 Å². The van der Waals surface area contributed by atoms with Gasteiger partial charge in [-0.25, -0.2) is 13.1 Å². The number of rotatable bonds is 5. The molecule has 0 saturated carbocycles. The Kier molecular flexibility index (Phi) is 4.75. The van der Waals surface area contributed by atoms with Gasteiger partial charge in [-0.05, 0) is 30.4 Å². The van der Waals surface area contributed by atoms with E-state index in [1.54, 1.807) is 6.07 Å². The van der Waals surface area contributed by atoms with Gasteiger partial charge in [-0.15, -0.1) is 0 Å². The SMILES string of the molecule is COc1ccc(S(=O)(=O)NCC2(C)CCOCC2)c(N)c1. The van der Waals surface area contributed by atoms with Crippen LogP contribution in [0.5, 0.6) is 5.75 Å². The van der Waals surface area contributed by atoms with Crippen molar-refractivity contribution < 1.29 is 17.9 Å². The number of nitrogens with one attached hydrogen (secondary N) is 1. The largest absolute Gasteiger partial charge is 0.497 e. The zero-order valence-corrected chi connectivity index (χ0v) is 13.2. The highest BCUT2D eigenvalue weighted by molar-refractivity contribution is 7.89. The van der Waals surface area contributed by atoms with Gasteiger partial charge in [0.1, 0.15) is 10.6 Å². The standard InChI is InChI=1S/C14H22N2O4S/c1-14(5-7-20-8-6-14)10-16-21(17,18)13-4-3-11(19-2)9-12(13)15/h3-4,9,16H,5-8,10,15H2,1-2H3. The Morgan fingerprint density at radius 1 is 1.38 bits per heavy atom. The summed E-state index contributed by atoms with van der Waals surface area (Å²) in [6.45, 7) is 3.78. The van der Waals surface area contributed by atoms with E-state index in [1.165, 1.54) is 19.2 Å². The van der Waals surface area contributed by atoms with Gasteiger partial charge in [-0.3, -0.25) is 0 Å². The van der Waals surface area contributed by atoms with E-state index in [0.717, 1.165) is 12.8 Å². The highest BCUT2D eigenvalue weighted by Crippen LogP contribution is 2.30. The van der Waals surface area contributed by atoms with Crippen molar-refractivity contribution in [3.05, 3.63) is 18.2 Å². The molecule has 3 N–H and O–H groups in total.